The van der Waals surface area contributed by atoms with Gasteiger partial charge >= 0.3 is 0 Å². The third-order valence-electron chi connectivity index (χ3n) is 4.66. The third kappa shape index (κ3) is 2.70. The largest absolute Gasteiger partial charge is 0.397 e. The van der Waals surface area contributed by atoms with E-state index >= 15 is 0 Å². The van der Waals surface area contributed by atoms with Crippen molar-refractivity contribution >= 4 is 33.0 Å². The molecule has 3 N–H and O–H groups in total. The van der Waals surface area contributed by atoms with Crippen molar-refractivity contribution in [1.29, 1.82) is 0 Å². The van der Waals surface area contributed by atoms with Crippen molar-refractivity contribution in [2.75, 3.05) is 12.3 Å². The number of nitrogens with zero attached hydrogens (tertiary/aromatic N) is 1. The maximum atomic E-state index is 11.7. The number of hydrogen-bond acceptors (Lipinski definition) is 4. The van der Waals surface area contributed by atoms with Crippen LogP contribution in [-0.4, -0.2) is 17.3 Å². The molecule has 0 saturated carbocycles. The molecule has 0 fully saturated rings. The molecule has 122 valence electrons. The van der Waals surface area contributed by atoms with E-state index in [0.29, 0.717) is 10.6 Å². The van der Waals surface area contributed by atoms with E-state index in [4.69, 9.17) is 10.7 Å². The van der Waals surface area contributed by atoms with Crippen molar-refractivity contribution in [3.05, 3.63) is 58.1 Å². The molecule has 1 aromatic carbocycles. The van der Waals surface area contributed by atoms with Gasteiger partial charge in [-0.3, -0.25) is 4.79 Å². The number of nitrogens with one attached hydrogen (secondary N) is 1. The fourth-order valence-corrected chi connectivity index (χ4v) is 4.43. The van der Waals surface area contributed by atoms with Crippen molar-refractivity contribution in [2.24, 2.45) is 0 Å². The van der Waals surface area contributed by atoms with Crippen LogP contribution < -0.4 is 10.6 Å². The van der Waals surface area contributed by atoms with Crippen molar-refractivity contribution in [3.8, 4) is 0 Å². The van der Waals surface area contributed by atoms with Crippen LogP contribution in [0.1, 0.15) is 33.4 Å². The molecule has 2 aromatic heterocycles. The quantitative estimate of drug-likeness (QED) is 0.720. The van der Waals surface area contributed by atoms with Gasteiger partial charge in [0.1, 0.15) is 17.9 Å². The summed E-state index contributed by atoms with van der Waals surface area (Å²) in [6.45, 7) is 4.63. The minimum Gasteiger partial charge on any atom is -0.397 e. The second-order valence-corrected chi connectivity index (χ2v) is 7.44. The Morgan fingerprint density at radius 3 is 2.88 bits per heavy atom. The molecular weight excluding hydrogens is 318 g/mol. The lowest BCUT2D eigenvalue weighted by Gasteiger charge is -2.25. The van der Waals surface area contributed by atoms with Crippen molar-refractivity contribution < 1.29 is 9.69 Å². The number of thiophene rings is 1. The summed E-state index contributed by atoms with van der Waals surface area (Å²) in [7, 11) is 0. The standard InChI is InChI=1S/C19H19N3OS/c1-12(23)18-17(20)15-9-14-11-22(10-13-5-3-2-4-6-13)8-7-16(14)21-19(15)24-18/h2-6,9H,7-8,10-11,20H2,1H3/p+1. The highest BCUT2D eigenvalue weighted by Crippen LogP contribution is 2.34. The summed E-state index contributed by atoms with van der Waals surface area (Å²) < 4.78 is 0. The Balaban J connectivity index is 1.65. The number of pyridine rings is 1. The molecule has 0 spiro atoms. The first-order valence-corrected chi connectivity index (χ1v) is 9.02. The van der Waals surface area contributed by atoms with E-state index in [1.807, 2.05) is 0 Å². The molecular formula is C19H20N3OS+. The zero-order valence-corrected chi connectivity index (χ0v) is 14.5. The van der Waals surface area contributed by atoms with Crippen LogP contribution in [0.15, 0.2) is 36.4 Å². The molecule has 0 aliphatic carbocycles. The van der Waals surface area contributed by atoms with Gasteiger partial charge in [-0.25, -0.2) is 4.98 Å². The van der Waals surface area contributed by atoms with Gasteiger partial charge in [0.05, 0.1) is 22.8 Å². The van der Waals surface area contributed by atoms with Gasteiger partial charge in [-0.15, -0.1) is 11.3 Å². The minimum absolute atomic E-state index is 0.0183. The number of anilines is 1. The second kappa shape index (κ2) is 6.00. The molecule has 0 radical (unpaired) electrons. The summed E-state index contributed by atoms with van der Waals surface area (Å²) >= 11 is 1.42. The first-order chi connectivity index (χ1) is 11.6. The molecule has 3 aromatic rings. The van der Waals surface area contributed by atoms with Crippen molar-refractivity contribution in [3.63, 3.8) is 0 Å². The zero-order chi connectivity index (χ0) is 16.7. The van der Waals surface area contributed by atoms with E-state index in [-0.39, 0.29) is 5.78 Å². The number of nitrogen functional groups attached to an aromatic ring is 1. The van der Waals surface area contributed by atoms with Gasteiger partial charge in [-0.05, 0) is 6.07 Å². The smallest absolute Gasteiger partial charge is 0.171 e. The molecule has 0 saturated heterocycles. The van der Waals surface area contributed by atoms with E-state index in [0.717, 1.165) is 42.0 Å². The molecule has 0 amide bonds. The normalized spacial score (nSPS) is 17.0. The number of carbonyl (C=O) groups excluding carboxylic acids is 1. The number of benzene rings is 1. The van der Waals surface area contributed by atoms with E-state index in [1.54, 1.807) is 6.92 Å². The number of nitrogens with two attached hydrogens (primary N) is 1. The van der Waals surface area contributed by atoms with E-state index < -0.39 is 0 Å². The van der Waals surface area contributed by atoms with Gasteiger partial charge < -0.3 is 10.6 Å². The molecule has 4 nitrogen and oxygen atoms in total. The van der Waals surface area contributed by atoms with Crippen LogP contribution in [0.4, 0.5) is 5.69 Å². The van der Waals surface area contributed by atoms with Crippen LogP contribution in [0.3, 0.4) is 0 Å². The van der Waals surface area contributed by atoms with Crippen LogP contribution in [0, 0.1) is 0 Å². The molecule has 0 bridgehead atoms. The minimum atomic E-state index is 0.0183. The molecule has 1 atom stereocenters. The third-order valence-corrected chi connectivity index (χ3v) is 5.88. The van der Waals surface area contributed by atoms with Crippen molar-refractivity contribution in [1.82, 2.24) is 4.98 Å². The summed E-state index contributed by atoms with van der Waals surface area (Å²) in [4.78, 5) is 19.6. The number of hydrogen-bond donors (Lipinski definition) is 2. The first-order valence-electron chi connectivity index (χ1n) is 8.21. The summed E-state index contributed by atoms with van der Waals surface area (Å²) in [5.41, 5.74) is 10.6. The zero-order valence-electron chi connectivity index (χ0n) is 13.6. The number of quaternary nitrogens is 1. The number of rotatable bonds is 3. The van der Waals surface area contributed by atoms with Gasteiger partial charge in [0.2, 0.25) is 0 Å². The van der Waals surface area contributed by atoms with Crippen LogP contribution >= 0.6 is 11.3 Å². The highest BCUT2D eigenvalue weighted by atomic mass is 32.1. The highest BCUT2D eigenvalue weighted by molar-refractivity contribution is 7.21. The first kappa shape index (κ1) is 15.3. The van der Waals surface area contributed by atoms with Crippen LogP contribution in [0.5, 0.6) is 0 Å². The van der Waals surface area contributed by atoms with Crippen LogP contribution in [0.25, 0.3) is 10.2 Å². The molecule has 1 unspecified atom stereocenters. The lowest BCUT2D eigenvalue weighted by Crippen LogP contribution is -3.10. The molecule has 5 heteroatoms. The van der Waals surface area contributed by atoms with Crippen LogP contribution in [0.2, 0.25) is 0 Å². The Kier molecular flexibility index (Phi) is 3.82. The summed E-state index contributed by atoms with van der Waals surface area (Å²) in [6, 6.07) is 12.7. The predicted molar refractivity (Wildman–Crippen MR) is 97.4 cm³/mol. The second-order valence-electron chi connectivity index (χ2n) is 6.44. The molecule has 1 aliphatic heterocycles. The average Bonchev–Trinajstić information content (AvgIpc) is 2.90. The number of fused-ring (bicyclic) bond motifs is 2. The highest BCUT2D eigenvalue weighted by Gasteiger charge is 2.23. The fraction of sp³-hybridized carbons (Fsp3) is 0.263. The number of carbonyl (C=O) groups is 1. The predicted octanol–water partition coefficient (Wildman–Crippen LogP) is 2.22. The van der Waals surface area contributed by atoms with Gasteiger partial charge in [0, 0.05) is 29.9 Å². The molecule has 3 heterocycles. The Morgan fingerprint density at radius 1 is 1.33 bits per heavy atom. The summed E-state index contributed by atoms with van der Waals surface area (Å²) in [5.74, 6) is 0.0183. The summed E-state index contributed by atoms with van der Waals surface area (Å²) in [5, 5.41) is 0.935. The van der Waals surface area contributed by atoms with Gasteiger partial charge in [0.25, 0.3) is 0 Å². The van der Waals surface area contributed by atoms with E-state index in [2.05, 4.69) is 36.4 Å². The Hall–Kier alpha value is -2.24. The topological polar surface area (TPSA) is 60.4 Å². The summed E-state index contributed by atoms with van der Waals surface area (Å²) in [6.07, 6.45) is 0.973. The Labute approximate surface area is 144 Å². The number of ketones is 1. The maximum Gasteiger partial charge on any atom is 0.171 e. The molecule has 1 aliphatic rings. The monoisotopic (exact) mass is 338 g/mol. The van der Waals surface area contributed by atoms with E-state index in [9.17, 15) is 4.79 Å². The fourth-order valence-electron chi connectivity index (χ4n) is 3.44. The maximum absolute atomic E-state index is 11.7. The lowest BCUT2D eigenvalue weighted by molar-refractivity contribution is -0.929. The molecule has 4 rings (SSSR count). The Morgan fingerprint density at radius 2 is 2.12 bits per heavy atom. The average molecular weight is 338 g/mol. The van der Waals surface area contributed by atoms with Gasteiger partial charge in [-0.1, -0.05) is 30.3 Å². The lowest BCUT2D eigenvalue weighted by atomic mass is 10.0. The SMILES string of the molecule is CC(=O)c1sc2nc3c(cc2c1N)C[NH+](Cc1ccccc1)CC3. The Bertz CT molecular complexity index is 917. The molecule has 24 heavy (non-hydrogen) atoms. The van der Waals surface area contributed by atoms with Crippen LogP contribution in [-0.2, 0) is 19.5 Å². The van der Waals surface area contributed by atoms with Gasteiger partial charge in [-0.2, -0.15) is 0 Å². The van der Waals surface area contributed by atoms with Gasteiger partial charge in [0.15, 0.2) is 5.78 Å². The van der Waals surface area contributed by atoms with Crippen molar-refractivity contribution in [2.45, 2.75) is 26.4 Å². The van der Waals surface area contributed by atoms with E-state index in [1.165, 1.54) is 27.4 Å². The number of aromatic nitrogens is 1. The number of Topliss-reactive ketones (excluding diaryl/α,β-unsaturated/α-hetero) is 1.